The van der Waals surface area contributed by atoms with Crippen LogP contribution in [0.3, 0.4) is 0 Å². The molecule has 0 radical (unpaired) electrons. The van der Waals surface area contributed by atoms with Gasteiger partial charge >= 0.3 is 0 Å². The zero-order valence-electron chi connectivity index (χ0n) is 18.8. The SMILES string of the molecule is CCC.COCCCOc1cc2c(cc1Cl)-c1cc(=O)c(-c3ccccn3)cn1CCO2. The number of fused-ring (bicyclic) bond motifs is 3. The molecule has 4 rings (SSSR count). The normalized spacial score (nSPS) is 11.9. The molecule has 0 amide bonds. The van der Waals surface area contributed by atoms with E-state index in [2.05, 4.69) is 18.8 Å². The van der Waals surface area contributed by atoms with Crippen molar-refractivity contribution in [2.45, 2.75) is 33.2 Å². The van der Waals surface area contributed by atoms with E-state index in [1.54, 1.807) is 31.5 Å². The number of benzene rings is 1. The molecular weight excluding hydrogens is 428 g/mol. The highest BCUT2D eigenvalue weighted by Crippen LogP contribution is 2.40. The lowest BCUT2D eigenvalue weighted by Crippen LogP contribution is -2.13. The van der Waals surface area contributed by atoms with Gasteiger partial charge in [-0.05, 0) is 18.2 Å². The van der Waals surface area contributed by atoms with E-state index in [-0.39, 0.29) is 5.43 Å². The summed E-state index contributed by atoms with van der Waals surface area (Å²) in [4.78, 5) is 17.1. The van der Waals surface area contributed by atoms with E-state index in [0.29, 0.717) is 54.1 Å². The lowest BCUT2D eigenvalue weighted by molar-refractivity contribution is 0.172. The van der Waals surface area contributed by atoms with E-state index < -0.39 is 0 Å². The first-order chi connectivity index (χ1) is 15.6. The van der Waals surface area contributed by atoms with Crippen LogP contribution in [0, 0.1) is 0 Å². The van der Waals surface area contributed by atoms with Gasteiger partial charge in [-0.2, -0.15) is 0 Å². The highest BCUT2D eigenvalue weighted by Gasteiger charge is 2.20. The van der Waals surface area contributed by atoms with Crippen LogP contribution in [-0.4, -0.2) is 36.5 Å². The molecule has 0 spiro atoms. The number of hydrogen-bond donors (Lipinski definition) is 0. The Bertz CT molecular complexity index is 1080. The second-order valence-electron chi connectivity index (χ2n) is 7.37. The lowest BCUT2D eigenvalue weighted by atomic mass is 10.1. The van der Waals surface area contributed by atoms with Crippen LogP contribution >= 0.6 is 11.6 Å². The first kappa shape index (κ1) is 23.8. The van der Waals surface area contributed by atoms with Crippen LogP contribution < -0.4 is 14.9 Å². The van der Waals surface area contributed by atoms with Crippen molar-refractivity contribution in [3.63, 3.8) is 0 Å². The molecule has 32 heavy (non-hydrogen) atoms. The van der Waals surface area contributed by atoms with Crippen LogP contribution in [0.2, 0.25) is 5.02 Å². The summed E-state index contributed by atoms with van der Waals surface area (Å²) in [5.41, 5.74) is 2.63. The molecule has 1 aromatic carbocycles. The molecule has 0 aliphatic carbocycles. The Balaban J connectivity index is 0.000000913. The van der Waals surface area contributed by atoms with Crippen molar-refractivity contribution in [1.29, 1.82) is 0 Å². The second-order valence-corrected chi connectivity index (χ2v) is 7.78. The van der Waals surface area contributed by atoms with Gasteiger partial charge in [-0.25, -0.2) is 0 Å². The van der Waals surface area contributed by atoms with Crippen LogP contribution in [0.15, 0.2) is 53.6 Å². The van der Waals surface area contributed by atoms with Gasteiger partial charge in [0.2, 0.25) is 0 Å². The maximum Gasteiger partial charge on any atom is 0.191 e. The van der Waals surface area contributed by atoms with Crippen LogP contribution in [0.1, 0.15) is 26.7 Å². The van der Waals surface area contributed by atoms with Gasteiger partial charge in [0.1, 0.15) is 18.1 Å². The molecule has 3 heterocycles. The van der Waals surface area contributed by atoms with Gasteiger partial charge in [-0.3, -0.25) is 9.78 Å². The minimum absolute atomic E-state index is 0.0983. The van der Waals surface area contributed by atoms with E-state index in [9.17, 15) is 4.79 Å². The topological polar surface area (TPSA) is 62.6 Å². The van der Waals surface area contributed by atoms with Gasteiger partial charge in [-0.15, -0.1) is 0 Å². The largest absolute Gasteiger partial charge is 0.492 e. The van der Waals surface area contributed by atoms with Crippen molar-refractivity contribution in [1.82, 2.24) is 9.55 Å². The Morgan fingerprint density at radius 1 is 1.16 bits per heavy atom. The van der Waals surface area contributed by atoms with Crippen LogP contribution in [-0.2, 0) is 11.3 Å². The van der Waals surface area contributed by atoms with E-state index in [4.69, 9.17) is 25.8 Å². The molecule has 0 unspecified atom stereocenters. The molecule has 0 N–H and O–H groups in total. The molecule has 0 saturated carbocycles. The van der Waals surface area contributed by atoms with Crippen molar-refractivity contribution in [2.75, 3.05) is 26.9 Å². The molecule has 6 nitrogen and oxygen atoms in total. The maximum atomic E-state index is 12.8. The fraction of sp³-hybridized carbons (Fsp3) is 0.360. The fourth-order valence-electron chi connectivity index (χ4n) is 3.31. The molecule has 1 aliphatic rings. The van der Waals surface area contributed by atoms with Gasteiger partial charge in [0.25, 0.3) is 0 Å². The summed E-state index contributed by atoms with van der Waals surface area (Å²) in [6.07, 6.45) is 5.53. The van der Waals surface area contributed by atoms with Crippen molar-refractivity contribution >= 4 is 11.6 Å². The van der Waals surface area contributed by atoms with Gasteiger partial charge in [0.05, 0.1) is 35.1 Å². The van der Waals surface area contributed by atoms with E-state index in [1.165, 1.54) is 6.42 Å². The Morgan fingerprint density at radius 2 is 1.97 bits per heavy atom. The smallest absolute Gasteiger partial charge is 0.191 e. The zero-order chi connectivity index (χ0) is 22.9. The zero-order valence-corrected chi connectivity index (χ0v) is 19.5. The van der Waals surface area contributed by atoms with Crippen LogP contribution in [0.4, 0.5) is 0 Å². The summed E-state index contributed by atoms with van der Waals surface area (Å²) in [7, 11) is 1.65. The average Bonchev–Trinajstić information content (AvgIpc) is 2.96. The standard InChI is InChI=1S/C22H21ClN2O4.C3H8/c1-27-8-4-9-28-22-13-21-15(11-17(22)23)19-12-20(26)16(14-25(19)7-10-29-21)18-5-2-3-6-24-18;1-3-2/h2-3,5-6,11-14H,4,7-10H2,1H3;3H2,1-2H3. The number of ether oxygens (including phenoxy) is 3. The molecule has 0 fully saturated rings. The third-order valence-electron chi connectivity index (χ3n) is 4.72. The third kappa shape index (κ3) is 5.69. The summed E-state index contributed by atoms with van der Waals surface area (Å²) in [5, 5.41) is 0.472. The molecule has 170 valence electrons. The number of pyridine rings is 2. The molecule has 0 atom stereocenters. The molecule has 3 aromatic rings. The van der Waals surface area contributed by atoms with Crippen LogP contribution in [0.25, 0.3) is 22.5 Å². The van der Waals surface area contributed by atoms with Crippen LogP contribution in [0.5, 0.6) is 11.5 Å². The van der Waals surface area contributed by atoms with Crippen molar-refractivity contribution in [3.8, 4) is 34.0 Å². The number of rotatable bonds is 6. The third-order valence-corrected chi connectivity index (χ3v) is 5.01. The van der Waals surface area contributed by atoms with E-state index in [0.717, 1.165) is 17.7 Å². The summed E-state index contributed by atoms with van der Waals surface area (Å²) in [5.74, 6) is 1.20. The van der Waals surface area contributed by atoms with Crippen molar-refractivity contribution in [2.24, 2.45) is 0 Å². The average molecular weight is 457 g/mol. The molecule has 0 saturated heterocycles. The number of halogens is 1. The van der Waals surface area contributed by atoms with Gasteiger partial charge in [0.15, 0.2) is 5.43 Å². The molecule has 1 aliphatic heterocycles. The quantitative estimate of drug-likeness (QED) is 0.461. The van der Waals surface area contributed by atoms with Crippen molar-refractivity contribution < 1.29 is 14.2 Å². The van der Waals surface area contributed by atoms with Gasteiger partial charge in [-0.1, -0.05) is 37.9 Å². The number of hydrogen-bond acceptors (Lipinski definition) is 5. The highest BCUT2D eigenvalue weighted by atomic mass is 35.5. The molecular formula is C25H29ClN2O4. The van der Waals surface area contributed by atoms with E-state index in [1.807, 2.05) is 29.0 Å². The predicted molar refractivity (Wildman–Crippen MR) is 128 cm³/mol. The Labute approximate surface area is 193 Å². The first-order valence-electron chi connectivity index (χ1n) is 10.8. The maximum absolute atomic E-state index is 12.8. The summed E-state index contributed by atoms with van der Waals surface area (Å²) < 4.78 is 18.7. The highest BCUT2D eigenvalue weighted by molar-refractivity contribution is 6.32. The Hall–Kier alpha value is -2.83. The minimum Gasteiger partial charge on any atom is -0.492 e. The first-order valence-corrected chi connectivity index (χ1v) is 11.2. The number of methoxy groups -OCH3 is 1. The summed E-state index contributed by atoms with van der Waals surface area (Å²) in [6.45, 7) is 6.44. The van der Waals surface area contributed by atoms with Gasteiger partial charge in [0, 0.05) is 50.2 Å². The Morgan fingerprint density at radius 3 is 2.69 bits per heavy atom. The van der Waals surface area contributed by atoms with E-state index >= 15 is 0 Å². The lowest BCUT2D eigenvalue weighted by Gasteiger charge is -2.14. The predicted octanol–water partition coefficient (Wildman–Crippen LogP) is 5.45. The monoisotopic (exact) mass is 456 g/mol. The van der Waals surface area contributed by atoms with Crippen molar-refractivity contribution in [3.05, 3.63) is 64.0 Å². The number of aromatic nitrogens is 2. The Kier molecular flexibility index (Phi) is 8.71. The fourth-order valence-corrected chi connectivity index (χ4v) is 3.53. The molecule has 7 heteroatoms. The summed E-state index contributed by atoms with van der Waals surface area (Å²) >= 11 is 6.45. The summed E-state index contributed by atoms with van der Waals surface area (Å²) in [6, 6.07) is 10.7. The molecule has 2 aromatic heterocycles. The van der Waals surface area contributed by atoms with Gasteiger partial charge < -0.3 is 18.8 Å². The minimum atomic E-state index is -0.0983. The molecule has 0 bridgehead atoms. The number of nitrogens with zero attached hydrogens (tertiary/aromatic N) is 2. The second kappa shape index (κ2) is 11.7.